The summed E-state index contributed by atoms with van der Waals surface area (Å²) in [7, 11) is 0. The van der Waals surface area contributed by atoms with Gasteiger partial charge >= 0.3 is 0 Å². The number of carbonyl (C=O) groups is 2. The van der Waals surface area contributed by atoms with Gasteiger partial charge in [0.15, 0.2) is 0 Å². The molecule has 0 aliphatic carbocycles. The van der Waals surface area contributed by atoms with E-state index in [1.165, 1.54) is 0 Å². The van der Waals surface area contributed by atoms with Gasteiger partial charge in [0.25, 0.3) is 5.91 Å². The van der Waals surface area contributed by atoms with Gasteiger partial charge in [-0.05, 0) is 18.4 Å². The van der Waals surface area contributed by atoms with Crippen molar-refractivity contribution in [2.75, 3.05) is 19.6 Å². The van der Waals surface area contributed by atoms with Crippen molar-refractivity contribution in [2.24, 2.45) is 5.92 Å². The van der Waals surface area contributed by atoms with E-state index in [2.05, 4.69) is 5.32 Å². The van der Waals surface area contributed by atoms with Crippen LogP contribution in [-0.2, 0) is 4.79 Å². The minimum Gasteiger partial charge on any atom is -0.352 e. The SMILES string of the molecule is CC(=O)N1CC[C@H](CNC(=O)c2csc3ccccc23)C1. The number of likely N-dealkylation sites (tertiary alicyclic amines) is 1. The second-order valence-electron chi connectivity index (χ2n) is 5.48. The molecule has 0 radical (unpaired) electrons. The molecule has 2 heterocycles. The molecule has 1 saturated heterocycles. The minimum atomic E-state index is -0.0197. The lowest BCUT2D eigenvalue weighted by Crippen LogP contribution is -2.32. The zero-order valence-corrected chi connectivity index (χ0v) is 12.8. The molecule has 21 heavy (non-hydrogen) atoms. The number of carbonyl (C=O) groups excluding carboxylic acids is 2. The van der Waals surface area contributed by atoms with Gasteiger partial charge in [0.05, 0.1) is 5.56 Å². The first kappa shape index (κ1) is 14.1. The molecule has 0 bridgehead atoms. The van der Waals surface area contributed by atoms with Crippen LogP contribution in [-0.4, -0.2) is 36.3 Å². The van der Waals surface area contributed by atoms with E-state index in [0.29, 0.717) is 12.5 Å². The standard InChI is InChI=1S/C16H18N2O2S/c1-11(19)18-7-6-12(9-18)8-17-16(20)14-10-21-15-5-3-2-4-13(14)15/h2-5,10,12H,6-9H2,1H3,(H,17,20)/t12-/m1/s1. The number of benzene rings is 1. The summed E-state index contributed by atoms with van der Waals surface area (Å²) in [6.07, 6.45) is 0.963. The highest BCUT2D eigenvalue weighted by Crippen LogP contribution is 2.25. The topological polar surface area (TPSA) is 49.4 Å². The Balaban J connectivity index is 1.61. The first-order chi connectivity index (χ1) is 10.1. The van der Waals surface area contributed by atoms with Crippen LogP contribution in [0.3, 0.4) is 0 Å². The first-order valence-corrected chi connectivity index (χ1v) is 8.03. The summed E-state index contributed by atoms with van der Waals surface area (Å²) in [6, 6.07) is 7.94. The normalized spacial score (nSPS) is 18.1. The van der Waals surface area contributed by atoms with Gasteiger partial charge < -0.3 is 10.2 Å². The third-order valence-electron chi connectivity index (χ3n) is 4.01. The van der Waals surface area contributed by atoms with E-state index in [1.54, 1.807) is 18.3 Å². The fourth-order valence-corrected chi connectivity index (χ4v) is 3.71. The first-order valence-electron chi connectivity index (χ1n) is 7.15. The van der Waals surface area contributed by atoms with Crippen LogP contribution in [0.4, 0.5) is 0 Å². The van der Waals surface area contributed by atoms with Crippen molar-refractivity contribution in [3.8, 4) is 0 Å². The molecular formula is C16H18N2O2S. The van der Waals surface area contributed by atoms with Crippen molar-refractivity contribution >= 4 is 33.2 Å². The molecule has 0 saturated carbocycles. The summed E-state index contributed by atoms with van der Waals surface area (Å²) >= 11 is 1.59. The summed E-state index contributed by atoms with van der Waals surface area (Å²) in [5.41, 5.74) is 0.747. The molecule has 1 aliphatic rings. The summed E-state index contributed by atoms with van der Waals surface area (Å²) < 4.78 is 1.13. The molecule has 0 spiro atoms. The molecule has 1 aliphatic heterocycles. The van der Waals surface area contributed by atoms with Gasteiger partial charge in [-0.1, -0.05) is 18.2 Å². The summed E-state index contributed by atoms with van der Waals surface area (Å²) in [6.45, 7) is 3.78. The maximum absolute atomic E-state index is 12.3. The number of nitrogens with zero attached hydrogens (tertiary/aromatic N) is 1. The molecule has 2 amide bonds. The highest BCUT2D eigenvalue weighted by molar-refractivity contribution is 7.17. The average Bonchev–Trinajstić information content (AvgIpc) is 3.11. The van der Waals surface area contributed by atoms with E-state index in [0.717, 1.165) is 35.2 Å². The van der Waals surface area contributed by atoms with Crippen molar-refractivity contribution < 1.29 is 9.59 Å². The van der Waals surface area contributed by atoms with Crippen molar-refractivity contribution in [3.05, 3.63) is 35.2 Å². The van der Waals surface area contributed by atoms with E-state index in [9.17, 15) is 9.59 Å². The van der Waals surface area contributed by atoms with E-state index in [4.69, 9.17) is 0 Å². The number of thiophene rings is 1. The van der Waals surface area contributed by atoms with Crippen LogP contribution in [0.25, 0.3) is 10.1 Å². The molecule has 0 unspecified atom stereocenters. The number of hydrogen-bond donors (Lipinski definition) is 1. The van der Waals surface area contributed by atoms with E-state index >= 15 is 0 Å². The molecule has 3 rings (SSSR count). The molecule has 110 valence electrons. The van der Waals surface area contributed by atoms with E-state index in [1.807, 2.05) is 34.5 Å². The third-order valence-corrected chi connectivity index (χ3v) is 4.97. The molecule has 4 nitrogen and oxygen atoms in total. The lowest BCUT2D eigenvalue weighted by atomic mass is 10.1. The van der Waals surface area contributed by atoms with Gasteiger partial charge in [0, 0.05) is 42.0 Å². The lowest BCUT2D eigenvalue weighted by Gasteiger charge is -2.14. The Kier molecular flexibility index (Phi) is 3.92. The number of fused-ring (bicyclic) bond motifs is 1. The van der Waals surface area contributed by atoms with Crippen molar-refractivity contribution in [1.29, 1.82) is 0 Å². The van der Waals surface area contributed by atoms with Crippen molar-refractivity contribution in [1.82, 2.24) is 10.2 Å². The number of rotatable bonds is 3. The van der Waals surface area contributed by atoms with Gasteiger partial charge in [-0.3, -0.25) is 9.59 Å². The summed E-state index contributed by atoms with van der Waals surface area (Å²) in [5.74, 6) is 0.462. The highest BCUT2D eigenvalue weighted by Gasteiger charge is 2.24. The predicted octanol–water partition coefficient (Wildman–Crippen LogP) is 2.50. The molecule has 1 fully saturated rings. The van der Waals surface area contributed by atoms with Crippen molar-refractivity contribution in [3.63, 3.8) is 0 Å². The van der Waals surface area contributed by atoms with Crippen LogP contribution < -0.4 is 5.32 Å². The molecule has 1 aromatic heterocycles. The van der Waals surface area contributed by atoms with E-state index in [-0.39, 0.29) is 11.8 Å². The quantitative estimate of drug-likeness (QED) is 0.947. The minimum absolute atomic E-state index is 0.0197. The van der Waals surface area contributed by atoms with E-state index < -0.39 is 0 Å². The molecule has 5 heteroatoms. The Morgan fingerprint density at radius 2 is 2.19 bits per heavy atom. The zero-order valence-electron chi connectivity index (χ0n) is 12.0. The second kappa shape index (κ2) is 5.85. The van der Waals surface area contributed by atoms with Gasteiger partial charge in [0.2, 0.25) is 5.91 Å². The van der Waals surface area contributed by atoms with Gasteiger partial charge in [-0.2, -0.15) is 0 Å². The molecular weight excluding hydrogens is 284 g/mol. The molecule has 2 aromatic rings. The summed E-state index contributed by atoms with van der Waals surface area (Å²) in [5, 5.41) is 5.93. The van der Waals surface area contributed by atoms with Gasteiger partial charge in [-0.25, -0.2) is 0 Å². The van der Waals surface area contributed by atoms with Crippen LogP contribution in [0.5, 0.6) is 0 Å². The maximum atomic E-state index is 12.3. The Hall–Kier alpha value is -1.88. The fourth-order valence-electron chi connectivity index (χ4n) is 2.77. The smallest absolute Gasteiger partial charge is 0.252 e. The largest absolute Gasteiger partial charge is 0.352 e. The second-order valence-corrected chi connectivity index (χ2v) is 6.39. The van der Waals surface area contributed by atoms with Crippen LogP contribution in [0.2, 0.25) is 0 Å². The third kappa shape index (κ3) is 2.93. The van der Waals surface area contributed by atoms with Crippen LogP contribution in [0.1, 0.15) is 23.7 Å². The number of nitrogens with one attached hydrogen (secondary N) is 1. The highest BCUT2D eigenvalue weighted by atomic mass is 32.1. The predicted molar refractivity (Wildman–Crippen MR) is 84.5 cm³/mol. The maximum Gasteiger partial charge on any atom is 0.252 e. The Morgan fingerprint density at radius 1 is 1.38 bits per heavy atom. The monoisotopic (exact) mass is 302 g/mol. The fraction of sp³-hybridized carbons (Fsp3) is 0.375. The average molecular weight is 302 g/mol. The lowest BCUT2D eigenvalue weighted by molar-refractivity contribution is -0.127. The Labute approximate surface area is 127 Å². The zero-order chi connectivity index (χ0) is 14.8. The Bertz CT molecular complexity index is 680. The number of hydrogen-bond acceptors (Lipinski definition) is 3. The molecule has 1 aromatic carbocycles. The van der Waals surface area contributed by atoms with Crippen LogP contribution in [0, 0.1) is 5.92 Å². The van der Waals surface area contributed by atoms with Gasteiger partial charge in [0.1, 0.15) is 0 Å². The molecule has 1 atom stereocenters. The summed E-state index contributed by atoms with van der Waals surface area (Å²) in [4.78, 5) is 25.5. The molecule has 1 N–H and O–H groups in total. The number of amides is 2. The van der Waals surface area contributed by atoms with Crippen LogP contribution in [0.15, 0.2) is 29.6 Å². The van der Waals surface area contributed by atoms with Crippen molar-refractivity contribution in [2.45, 2.75) is 13.3 Å². The van der Waals surface area contributed by atoms with Gasteiger partial charge in [-0.15, -0.1) is 11.3 Å². The van der Waals surface area contributed by atoms with Crippen LogP contribution >= 0.6 is 11.3 Å². The Morgan fingerprint density at radius 3 is 2.95 bits per heavy atom.